The maximum absolute atomic E-state index is 12.7. The molecule has 0 radical (unpaired) electrons. The molecule has 1 heterocycles. The summed E-state index contributed by atoms with van der Waals surface area (Å²) >= 11 is 6.76. The highest BCUT2D eigenvalue weighted by Gasteiger charge is 2.39. The van der Waals surface area contributed by atoms with E-state index in [-0.39, 0.29) is 11.4 Å². The zero-order valence-corrected chi connectivity index (χ0v) is 14.4. The van der Waals surface area contributed by atoms with Gasteiger partial charge < -0.3 is 0 Å². The van der Waals surface area contributed by atoms with Crippen LogP contribution in [-0.4, -0.2) is 20.7 Å². The summed E-state index contributed by atoms with van der Waals surface area (Å²) in [7, 11) is 0. The SMILES string of the molecule is CC(C)(C)N1C(=O)C(=Cc2cccc3ccccc23)SC1=S. The molecular weight excluding hydrogens is 310 g/mol. The molecule has 0 aliphatic carbocycles. The minimum Gasteiger partial charge on any atom is -0.288 e. The molecule has 0 bridgehead atoms. The van der Waals surface area contributed by atoms with Crippen molar-refractivity contribution in [2.75, 3.05) is 0 Å². The maximum Gasteiger partial charge on any atom is 0.266 e. The molecule has 0 spiro atoms. The molecule has 1 saturated heterocycles. The van der Waals surface area contributed by atoms with Crippen molar-refractivity contribution in [1.82, 2.24) is 4.90 Å². The van der Waals surface area contributed by atoms with Gasteiger partial charge in [0.1, 0.15) is 4.32 Å². The number of benzene rings is 2. The van der Waals surface area contributed by atoms with Crippen LogP contribution in [-0.2, 0) is 4.79 Å². The smallest absolute Gasteiger partial charge is 0.266 e. The summed E-state index contributed by atoms with van der Waals surface area (Å²) in [4.78, 5) is 15.0. The third-order valence-corrected chi connectivity index (χ3v) is 4.88. The van der Waals surface area contributed by atoms with Crippen LogP contribution in [0.3, 0.4) is 0 Å². The van der Waals surface area contributed by atoms with Gasteiger partial charge in [0.15, 0.2) is 0 Å². The molecule has 4 heteroatoms. The van der Waals surface area contributed by atoms with Gasteiger partial charge in [0.25, 0.3) is 5.91 Å². The van der Waals surface area contributed by atoms with E-state index in [2.05, 4.69) is 18.2 Å². The fraction of sp³-hybridized carbons (Fsp3) is 0.222. The molecule has 0 aromatic heterocycles. The average molecular weight is 327 g/mol. The van der Waals surface area contributed by atoms with E-state index >= 15 is 0 Å². The lowest BCUT2D eigenvalue weighted by atomic mass is 10.0. The standard InChI is InChI=1S/C18H17NOS2/c1-18(2,3)19-16(20)15(22-17(19)21)11-13-9-6-8-12-7-4-5-10-14(12)13/h4-11H,1-3H3. The molecule has 112 valence electrons. The Morgan fingerprint density at radius 3 is 2.45 bits per heavy atom. The lowest BCUT2D eigenvalue weighted by Crippen LogP contribution is -2.44. The van der Waals surface area contributed by atoms with Gasteiger partial charge in [-0.2, -0.15) is 0 Å². The van der Waals surface area contributed by atoms with Crippen LogP contribution in [0.5, 0.6) is 0 Å². The number of hydrogen-bond acceptors (Lipinski definition) is 3. The molecule has 2 aromatic carbocycles. The number of amides is 1. The molecule has 22 heavy (non-hydrogen) atoms. The normalized spacial score (nSPS) is 17.8. The van der Waals surface area contributed by atoms with Gasteiger partial charge in [0.2, 0.25) is 0 Å². The van der Waals surface area contributed by atoms with Gasteiger partial charge in [-0.25, -0.2) is 0 Å². The van der Waals surface area contributed by atoms with E-state index in [4.69, 9.17) is 12.2 Å². The largest absolute Gasteiger partial charge is 0.288 e. The Kier molecular flexibility index (Phi) is 3.83. The number of carbonyl (C=O) groups excluding carboxylic acids is 1. The number of carbonyl (C=O) groups is 1. The number of fused-ring (bicyclic) bond motifs is 1. The summed E-state index contributed by atoms with van der Waals surface area (Å²) in [6, 6.07) is 14.3. The Bertz CT molecular complexity index is 797. The number of rotatable bonds is 1. The monoisotopic (exact) mass is 327 g/mol. The summed E-state index contributed by atoms with van der Waals surface area (Å²) in [6.45, 7) is 6.00. The molecule has 1 aliphatic rings. The van der Waals surface area contributed by atoms with Crippen molar-refractivity contribution in [2.45, 2.75) is 26.3 Å². The number of thioether (sulfide) groups is 1. The molecule has 2 nitrogen and oxygen atoms in total. The molecule has 0 saturated carbocycles. The van der Waals surface area contributed by atoms with Crippen molar-refractivity contribution >= 4 is 51.1 Å². The average Bonchev–Trinajstić information content (AvgIpc) is 2.73. The number of hydrogen-bond donors (Lipinski definition) is 0. The molecule has 1 fully saturated rings. The first-order valence-electron chi connectivity index (χ1n) is 7.14. The second-order valence-corrected chi connectivity index (χ2v) is 7.93. The van der Waals surface area contributed by atoms with Crippen LogP contribution in [0.1, 0.15) is 26.3 Å². The molecule has 0 unspecified atom stereocenters. The summed E-state index contributed by atoms with van der Waals surface area (Å²) < 4.78 is 0.629. The topological polar surface area (TPSA) is 20.3 Å². The highest BCUT2D eigenvalue weighted by Crippen LogP contribution is 2.37. The predicted octanol–water partition coefficient (Wildman–Crippen LogP) is 4.84. The fourth-order valence-electron chi connectivity index (χ4n) is 2.56. The van der Waals surface area contributed by atoms with Crippen LogP contribution in [0, 0.1) is 0 Å². The van der Waals surface area contributed by atoms with Gasteiger partial charge in [0.05, 0.1) is 4.91 Å². The van der Waals surface area contributed by atoms with Gasteiger partial charge in [-0.3, -0.25) is 9.69 Å². The number of nitrogens with zero attached hydrogens (tertiary/aromatic N) is 1. The van der Waals surface area contributed by atoms with Gasteiger partial charge >= 0.3 is 0 Å². The molecule has 1 amide bonds. The maximum atomic E-state index is 12.7. The van der Waals surface area contributed by atoms with Gasteiger partial charge in [-0.1, -0.05) is 66.4 Å². The van der Waals surface area contributed by atoms with Crippen LogP contribution < -0.4 is 0 Å². The van der Waals surface area contributed by atoms with Crippen LogP contribution in [0.25, 0.3) is 16.8 Å². The molecule has 3 rings (SSSR count). The van der Waals surface area contributed by atoms with Crippen LogP contribution in [0.4, 0.5) is 0 Å². The van der Waals surface area contributed by atoms with Crippen molar-refractivity contribution in [2.24, 2.45) is 0 Å². The predicted molar refractivity (Wildman–Crippen MR) is 98.7 cm³/mol. The second kappa shape index (κ2) is 5.52. The van der Waals surface area contributed by atoms with E-state index in [0.717, 1.165) is 10.9 Å². The van der Waals surface area contributed by atoms with E-state index in [1.807, 2.05) is 51.1 Å². The van der Waals surface area contributed by atoms with Crippen LogP contribution >= 0.6 is 24.0 Å². The number of thiocarbonyl (C=S) groups is 1. The Morgan fingerprint density at radius 2 is 1.77 bits per heavy atom. The third kappa shape index (κ3) is 2.69. The zero-order chi connectivity index (χ0) is 15.9. The minimum absolute atomic E-state index is 0.00423. The highest BCUT2D eigenvalue weighted by atomic mass is 32.2. The van der Waals surface area contributed by atoms with Gasteiger partial charge in [-0.15, -0.1) is 0 Å². The Hall–Kier alpha value is -1.65. The summed E-state index contributed by atoms with van der Waals surface area (Å²) in [5, 5.41) is 2.31. The van der Waals surface area contributed by atoms with E-state index in [9.17, 15) is 4.79 Å². The molecule has 0 N–H and O–H groups in total. The van der Waals surface area contributed by atoms with Gasteiger partial charge in [0, 0.05) is 5.54 Å². The highest BCUT2D eigenvalue weighted by molar-refractivity contribution is 8.26. The molecule has 0 atom stereocenters. The Balaban J connectivity index is 2.06. The quantitative estimate of drug-likeness (QED) is 0.552. The van der Waals surface area contributed by atoms with E-state index in [0.29, 0.717) is 9.23 Å². The second-order valence-electron chi connectivity index (χ2n) is 6.26. The summed E-state index contributed by atoms with van der Waals surface area (Å²) in [6.07, 6.45) is 1.95. The molecular formula is C18H17NOS2. The van der Waals surface area contributed by atoms with Crippen LogP contribution in [0.2, 0.25) is 0 Å². The lowest BCUT2D eigenvalue weighted by molar-refractivity contribution is -0.125. The van der Waals surface area contributed by atoms with E-state index < -0.39 is 0 Å². The van der Waals surface area contributed by atoms with Crippen molar-refractivity contribution in [1.29, 1.82) is 0 Å². The van der Waals surface area contributed by atoms with E-state index in [1.54, 1.807) is 4.90 Å². The first-order valence-corrected chi connectivity index (χ1v) is 8.36. The third-order valence-electron chi connectivity index (χ3n) is 3.57. The van der Waals surface area contributed by atoms with E-state index in [1.165, 1.54) is 17.1 Å². The van der Waals surface area contributed by atoms with Crippen LogP contribution in [0.15, 0.2) is 47.4 Å². The first-order chi connectivity index (χ1) is 10.4. The lowest BCUT2D eigenvalue weighted by Gasteiger charge is -2.30. The minimum atomic E-state index is -0.296. The Morgan fingerprint density at radius 1 is 1.09 bits per heavy atom. The summed E-state index contributed by atoms with van der Waals surface area (Å²) in [5.74, 6) is -0.00423. The molecule has 2 aromatic rings. The molecule has 1 aliphatic heterocycles. The zero-order valence-electron chi connectivity index (χ0n) is 12.8. The van der Waals surface area contributed by atoms with Crippen molar-refractivity contribution < 1.29 is 4.79 Å². The fourth-order valence-corrected chi connectivity index (χ4v) is 4.19. The summed E-state index contributed by atoms with van der Waals surface area (Å²) in [5.41, 5.74) is 0.753. The first kappa shape index (κ1) is 15.3. The van der Waals surface area contributed by atoms with Crippen molar-refractivity contribution in [3.63, 3.8) is 0 Å². The van der Waals surface area contributed by atoms with Gasteiger partial charge in [-0.05, 0) is 43.2 Å². The Labute approximate surface area is 140 Å². The van der Waals surface area contributed by atoms with Crippen molar-refractivity contribution in [3.05, 3.63) is 52.9 Å². The van der Waals surface area contributed by atoms with Crippen molar-refractivity contribution in [3.8, 4) is 0 Å².